The van der Waals surface area contributed by atoms with Crippen molar-refractivity contribution in [3.8, 4) is 5.75 Å². The normalized spacial score (nSPS) is 11.4. The third kappa shape index (κ3) is 4.22. The molecule has 0 aliphatic heterocycles. The van der Waals surface area contributed by atoms with E-state index in [9.17, 15) is 9.90 Å². The molecule has 0 saturated heterocycles. The molecule has 0 aliphatic rings. The lowest BCUT2D eigenvalue weighted by molar-refractivity contribution is -0.134. The van der Waals surface area contributed by atoms with Crippen molar-refractivity contribution >= 4 is 12.0 Å². The van der Waals surface area contributed by atoms with Crippen molar-refractivity contribution in [3.63, 3.8) is 0 Å². The number of hydrogen-bond acceptors (Lipinski definition) is 2. The van der Waals surface area contributed by atoms with Gasteiger partial charge in [-0.2, -0.15) is 0 Å². The number of ether oxygens (including phenoxy) is 1. The molecule has 2 aromatic carbocycles. The van der Waals surface area contributed by atoms with Crippen LogP contribution in [-0.4, -0.2) is 11.1 Å². The van der Waals surface area contributed by atoms with Gasteiger partial charge in [0.05, 0.1) is 0 Å². The zero-order valence-corrected chi connectivity index (χ0v) is 14.2. The van der Waals surface area contributed by atoms with E-state index in [2.05, 4.69) is 6.07 Å². The molecule has 2 aromatic rings. The molecule has 3 nitrogen and oxygen atoms in total. The Morgan fingerprint density at radius 3 is 2.00 bits per heavy atom. The molecule has 0 aliphatic carbocycles. The zero-order valence-electron chi connectivity index (χ0n) is 14.2. The van der Waals surface area contributed by atoms with Gasteiger partial charge in [0.15, 0.2) is 0 Å². The van der Waals surface area contributed by atoms with Crippen LogP contribution in [0.1, 0.15) is 33.4 Å². The molecule has 0 bridgehead atoms. The molecule has 120 valence electrons. The van der Waals surface area contributed by atoms with Gasteiger partial charge in [-0.1, -0.05) is 18.2 Å². The third-order valence-corrected chi connectivity index (χ3v) is 3.80. The van der Waals surface area contributed by atoms with E-state index in [-0.39, 0.29) is 5.76 Å². The van der Waals surface area contributed by atoms with Crippen LogP contribution in [0.25, 0.3) is 6.08 Å². The SMILES string of the molecule is Cc1cc(C)cc(OC(=Cc2cc(C)c(C)cc2C)C(=O)O)c1. The molecule has 3 heteroatoms. The Bertz CT molecular complexity index is 765. The highest BCUT2D eigenvalue weighted by Gasteiger charge is 2.12. The van der Waals surface area contributed by atoms with Gasteiger partial charge in [-0.25, -0.2) is 4.79 Å². The number of aliphatic carboxylic acids is 1. The summed E-state index contributed by atoms with van der Waals surface area (Å²) in [5.41, 5.74) is 6.26. The second-order valence-corrected chi connectivity index (χ2v) is 6.03. The van der Waals surface area contributed by atoms with Crippen LogP contribution >= 0.6 is 0 Å². The van der Waals surface area contributed by atoms with Crippen LogP contribution in [0, 0.1) is 34.6 Å². The second-order valence-electron chi connectivity index (χ2n) is 6.03. The number of carbonyl (C=O) groups is 1. The molecule has 0 radical (unpaired) electrons. The number of carboxylic acids is 1. The minimum Gasteiger partial charge on any atom is -0.475 e. The van der Waals surface area contributed by atoms with Crippen LogP contribution in [0.5, 0.6) is 5.75 Å². The smallest absolute Gasteiger partial charge is 0.371 e. The van der Waals surface area contributed by atoms with Crippen LogP contribution in [0.4, 0.5) is 0 Å². The Morgan fingerprint density at radius 2 is 1.43 bits per heavy atom. The molecule has 0 heterocycles. The van der Waals surface area contributed by atoms with Crippen LogP contribution < -0.4 is 4.74 Å². The lowest BCUT2D eigenvalue weighted by atomic mass is 10.0. The first-order valence-corrected chi connectivity index (χ1v) is 7.55. The summed E-state index contributed by atoms with van der Waals surface area (Å²) in [6.45, 7) is 9.93. The molecule has 0 saturated carbocycles. The van der Waals surface area contributed by atoms with E-state index in [0.29, 0.717) is 5.75 Å². The standard InChI is InChI=1S/C20H22O3/c1-12-6-13(2)8-18(7-12)23-19(20(21)22)11-17-10-15(4)14(3)9-16(17)5/h6-11H,1-5H3,(H,21,22). The first-order valence-electron chi connectivity index (χ1n) is 7.55. The van der Waals surface area contributed by atoms with E-state index < -0.39 is 5.97 Å². The largest absolute Gasteiger partial charge is 0.475 e. The molecular formula is C20H22O3. The van der Waals surface area contributed by atoms with Crippen LogP contribution in [0.3, 0.4) is 0 Å². The van der Waals surface area contributed by atoms with E-state index >= 15 is 0 Å². The summed E-state index contributed by atoms with van der Waals surface area (Å²) in [6, 6.07) is 9.72. The van der Waals surface area contributed by atoms with Gasteiger partial charge in [0.2, 0.25) is 5.76 Å². The van der Waals surface area contributed by atoms with E-state index in [1.165, 1.54) is 5.56 Å². The van der Waals surface area contributed by atoms with Gasteiger partial charge < -0.3 is 9.84 Å². The fraction of sp³-hybridized carbons (Fsp3) is 0.250. The van der Waals surface area contributed by atoms with Crippen molar-refractivity contribution < 1.29 is 14.6 Å². The van der Waals surface area contributed by atoms with Crippen molar-refractivity contribution in [3.05, 3.63) is 69.5 Å². The maximum absolute atomic E-state index is 11.5. The molecule has 0 atom stereocenters. The van der Waals surface area contributed by atoms with Crippen molar-refractivity contribution in [2.24, 2.45) is 0 Å². The highest BCUT2D eigenvalue weighted by atomic mass is 16.5. The quantitative estimate of drug-likeness (QED) is 0.656. The molecule has 2 rings (SSSR count). The minimum atomic E-state index is -1.08. The predicted octanol–water partition coefficient (Wildman–Crippen LogP) is 4.73. The summed E-state index contributed by atoms with van der Waals surface area (Å²) < 4.78 is 5.63. The summed E-state index contributed by atoms with van der Waals surface area (Å²) in [5, 5.41) is 9.46. The Hall–Kier alpha value is -2.55. The topological polar surface area (TPSA) is 46.5 Å². The van der Waals surface area contributed by atoms with Crippen molar-refractivity contribution in [1.82, 2.24) is 0 Å². The fourth-order valence-corrected chi connectivity index (χ4v) is 2.53. The summed E-state index contributed by atoms with van der Waals surface area (Å²) >= 11 is 0. The Kier molecular flexibility index (Phi) is 4.89. The van der Waals surface area contributed by atoms with Crippen LogP contribution in [0.2, 0.25) is 0 Å². The second kappa shape index (κ2) is 6.69. The maximum Gasteiger partial charge on any atom is 0.371 e. The van der Waals surface area contributed by atoms with Gasteiger partial charge in [0.1, 0.15) is 5.75 Å². The van der Waals surface area contributed by atoms with Crippen molar-refractivity contribution in [2.75, 3.05) is 0 Å². The Balaban J connectivity index is 2.42. The molecule has 0 spiro atoms. The molecule has 1 N–H and O–H groups in total. The molecule has 0 aromatic heterocycles. The minimum absolute atomic E-state index is 0.0821. The highest BCUT2D eigenvalue weighted by Crippen LogP contribution is 2.22. The number of carboxylic acid groups (broad SMARTS) is 1. The number of rotatable bonds is 4. The lowest BCUT2D eigenvalue weighted by Crippen LogP contribution is -2.08. The van der Waals surface area contributed by atoms with Gasteiger partial charge >= 0.3 is 5.97 Å². The average molecular weight is 310 g/mol. The molecule has 0 unspecified atom stereocenters. The van der Waals surface area contributed by atoms with Crippen molar-refractivity contribution in [1.29, 1.82) is 0 Å². The van der Waals surface area contributed by atoms with Gasteiger partial charge in [0, 0.05) is 0 Å². The zero-order chi connectivity index (χ0) is 17.1. The van der Waals surface area contributed by atoms with Crippen molar-refractivity contribution in [2.45, 2.75) is 34.6 Å². The van der Waals surface area contributed by atoms with Gasteiger partial charge in [-0.15, -0.1) is 0 Å². The van der Waals surface area contributed by atoms with Crippen LogP contribution in [-0.2, 0) is 4.79 Å². The monoisotopic (exact) mass is 310 g/mol. The number of hydrogen-bond donors (Lipinski definition) is 1. The first-order chi connectivity index (χ1) is 10.8. The summed E-state index contributed by atoms with van der Waals surface area (Å²) in [6.07, 6.45) is 1.59. The molecule has 0 amide bonds. The van der Waals surface area contributed by atoms with E-state index in [0.717, 1.165) is 27.8 Å². The van der Waals surface area contributed by atoms with E-state index in [1.807, 2.05) is 58.9 Å². The predicted molar refractivity (Wildman–Crippen MR) is 92.8 cm³/mol. The lowest BCUT2D eigenvalue weighted by Gasteiger charge is -2.10. The average Bonchev–Trinajstić information content (AvgIpc) is 2.42. The first kappa shape index (κ1) is 16.8. The molecule has 23 heavy (non-hydrogen) atoms. The highest BCUT2D eigenvalue weighted by molar-refractivity contribution is 5.90. The summed E-state index contributed by atoms with van der Waals surface area (Å²) in [7, 11) is 0. The van der Waals surface area contributed by atoms with E-state index in [1.54, 1.807) is 6.08 Å². The van der Waals surface area contributed by atoms with Gasteiger partial charge in [0.25, 0.3) is 0 Å². The van der Waals surface area contributed by atoms with Crippen LogP contribution in [0.15, 0.2) is 36.1 Å². The molecular weight excluding hydrogens is 288 g/mol. The third-order valence-electron chi connectivity index (χ3n) is 3.80. The summed E-state index contributed by atoms with van der Waals surface area (Å²) in [5.74, 6) is -0.624. The maximum atomic E-state index is 11.5. The van der Waals surface area contributed by atoms with E-state index in [4.69, 9.17) is 4.74 Å². The van der Waals surface area contributed by atoms with Gasteiger partial charge in [-0.3, -0.25) is 0 Å². The van der Waals surface area contributed by atoms with Gasteiger partial charge in [-0.05, 0) is 86.2 Å². The summed E-state index contributed by atoms with van der Waals surface area (Å²) in [4.78, 5) is 11.5. The Labute approximate surface area is 137 Å². The molecule has 0 fully saturated rings. The Morgan fingerprint density at radius 1 is 0.870 bits per heavy atom. The number of benzene rings is 2. The fourth-order valence-electron chi connectivity index (χ4n) is 2.53. The number of aryl methyl sites for hydroxylation is 5.